The molecular weight excluding hydrogens is 518 g/mol. The molecule has 3 aromatic rings. The molecule has 2 fully saturated rings. The first-order valence-electron chi connectivity index (χ1n) is 11.8. The van der Waals surface area contributed by atoms with E-state index in [1.807, 2.05) is 0 Å². The number of rotatable bonds is 10. The van der Waals surface area contributed by atoms with E-state index < -0.39 is 27.8 Å². The van der Waals surface area contributed by atoms with Crippen LogP contribution in [0.5, 0.6) is 10.8 Å². The molecule has 1 amide bonds. The summed E-state index contributed by atoms with van der Waals surface area (Å²) in [6, 6.07) is 12.2. The fourth-order valence-corrected chi connectivity index (χ4v) is 6.30. The van der Waals surface area contributed by atoms with Crippen LogP contribution in [-0.2, 0) is 19.4 Å². The summed E-state index contributed by atoms with van der Waals surface area (Å²) in [5.74, 6) is -1.03. The topological polar surface area (TPSA) is 144 Å². The van der Waals surface area contributed by atoms with Crippen LogP contribution in [0.15, 0.2) is 59.6 Å². The van der Waals surface area contributed by atoms with Crippen molar-refractivity contribution in [3.8, 4) is 10.8 Å². The van der Waals surface area contributed by atoms with Crippen LogP contribution in [-0.4, -0.2) is 54.8 Å². The van der Waals surface area contributed by atoms with Crippen molar-refractivity contribution in [2.45, 2.75) is 41.6 Å². The molecular formula is C25H25N3O7S2. The summed E-state index contributed by atoms with van der Waals surface area (Å²) in [6.45, 7) is 1.41. The molecule has 37 heavy (non-hydrogen) atoms. The number of thiazole rings is 1. The first-order valence-corrected chi connectivity index (χ1v) is 14.1. The highest BCUT2D eigenvalue weighted by Gasteiger charge is 2.37. The van der Waals surface area contributed by atoms with Gasteiger partial charge in [-0.25, -0.2) is 18.2 Å². The third-order valence-corrected chi connectivity index (χ3v) is 9.16. The van der Waals surface area contributed by atoms with Gasteiger partial charge in [-0.2, -0.15) is 0 Å². The maximum Gasteiger partial charge on any atom is 0.335 e. The molecule has 1 saturated carbocycles. The van der Waals surface area contributed by atoms with Crippen molar-refractivity contribution >= 4 is 38.2 Å². The van der Waals surface area contributed by atoms with Crippen molar-refractivity contribution in [2.75, 3.05) is 18.4 Å². The summed E-state index contributed by atoms with van der Waals surface area (Å²) in [4.78, 5) is 28.7. The second kappa shape index (κ2) is 10.6. The Bertz CT molecular complexity index is 1380. The fourth-order valence-electron chi connectivity index (χ4n) is 3.95. The number of carboxylic acids is 1. The van der Waals surface area contributed by atoms with Gasteiger partial charge in [-0.1, -0.05) is 23.5 Å². The molecule has 3 N–H and O–H groups in total. The Hall–Kier alpha value is -3.32. The average molecular weight is 544 g/mol. The number of carboxylic acid groups (broad SMARTS) is 1. The van der Waals surface area contributed by atoms with Gasteiger partial charge in [0, 0.05) is 6.54 Å². The lowest BCUT2D eigenvalue weighted by molar-refractivity contribution is -0.131. The molecule has 0 bridgehead atoms. The van der Waals surface area contributed by atoms with E-state index in [0.717, 1.165) is 24.3 Å². The molecule has 0 spiro atoms. The van der Waals surface area contributed by atoms with Gasteiger partial charge in [0.1, 0.15) is 5.75 Å². The van der Waals surface area contributed by atoms with Crippen LogP contribution in [0.1, 0.15) is 41.3 Å². The number of anilines is 1. The minimum absolute atomic E-state index is 0.145. The average Bonchev–Trinajstić information content (AvgIpc) is 3.47. The predicted molar refractivity (Wildman–Crippen MR) is 136 cm³/mol. The number of carbonyl (C=O) groups is 2. The molecule has 12 heteroatoms. The van der Waals surface area contributed by atoms with Crippen molar-refractivity contribution in [3.63, 3.8) is 0 Å². The normalized spacial score (nSPS) is 18.3. The highest BCUT2D eigenvalue weighted by molar-refractivity contribution is 7.92. The Morgan fingerprint density at radius 2 is 1.81 bits per heavy atom. The van der Waals surface area contributed by atoms with Gasteiger partial charge in [0.25, 0.3) is 5.91 Å². The zero-order chi connectivity index (χ0) is 26.0. The van der Waals surface area contributed by atoms with Gasteiger partial charge in [0.15, 0.2) is 21.1 Å². The van der Waals surface area contributed by atoms with Crippen LogP contribution in [0.4, 0.5) is 5.13 Å². The van der Waals surface area contributed by atoms with Crippen LogP contribution in [0.3, 0.4) is 0 Å². The lowest BCUT2D eigenvalue weighted by Gasteiger charge is -2.21. The molecule has 1 aliphatic heterocycles. The minimum atomic E-state index is -3.33. The summed E-state index contributed by atoms with van der Waals surface area (Å²) in [5.41, 5.74) is 0.692. The standard InChI is InChI=1S/C25H25N3O7S2/c29-23(28-25-27-14-21(36-25)34-17-5-1-16(2-6-17)24(30)31)22(35-18-11-12-26-13-18)15-3-7-19(8-4-15)37(32,33)20-9-10-20/h1-8,14,18,20,22,26H,9-13H2,(H,30,31)(H,27,28,29). The number of aromatic carboxylic acids is 1. The molecule has 1 aromatic heterocycles. The number of benzene rings is 2. The molecule has 2 heterocycles. The van der Waals surface area contributed by atoms with Gasteiger partial charge in [-0.15, -0.1) is 0 Å². The van der Waals surface area contributed by atoms with Crippen molar-refractivity contribution in [1.82, 2.24) is 10.3 Å². The highest BCUT2D eigenvalue weighted by Crippen LogP contribution is 2.35. The van der Waals surface area contributed by atoms with Crippen molar-refractivity contribution in [1.29, 1.82) is 0 Å². The van der Waals surface area contributed by atoms with Crippen molar-refractivity contribution < 1.29 is 32.6 Å². The second-order valence-electron chi connectivity index (χ2n) is 8.85. The Morgan fingerprint density at radius 3 is 2.43 bits per heavy atom. The second-order valence-corrected chi connectivity index (χ2v) is 12.1. The van der Waals surface area contributed by atoms with Gasteiger partial charge >= 0.3 is 5.97 Å². The largest absolute Gasteiger partial charge is 0.478 e. The number of sulfone groups is 1. The summed E-state index contributed by atoms with van der Waals surface area (Å²) in [7, 11) is -3.33. The Morgan fingerprint density at radius 1 is 1.08 bits per heavy atom. The number of nitrogens with zero attached hydrogens (tertiary/aromatic N) is 1. The lowest BCUT2D eigenvalue weighted by Crippen LogP contribution is -2.28. The molecule has 0 radical (unpaired) electrons. The molecule has 194 valence electrons. The van der Waals surface area contributed by atoms with Crippen LogP contribution in [0.2, 0.25) is 0 Å². The van der Waals surface area contributed by atoms with Gasteiger partial charge in [-0.3, -0.25) is 10.1 Å². The molecule has 1 aliphatic carbocycles. The maximum absolute atomic E-state index is 13.3. The van der Waals surface area contributed by atoms with E-state index in [0.29, 0.717) is 40.9 Å². The number of nitrogens with one attached hydrogen (secondary N) is 2. The number of amides is 1. The van der Waals surface area contributed by atoms with Gasteiger partial charge in [-0.05, 0) is 67.8 Å². The smallest absolute Gasteiger partial charge is 0.335 e. The zero-order valence-electron chi connectivity index (χ0n) is 19.6. The Labute approximate surface area is 217 Å². The van der Waals surface area contributed by atoms with Crippen LogP contribution in [0, 0.1) is 0 Å². The minimum Gasteiger partial charge on any atom is -0.478 e. The van der Waals surface area contributed by atoms with E-state index >= 15 is 0 Å². The van der Waals surface area contributed by atoms with Crippen molar-refractivity contribution in [2.24, 2.45) is 0 Å². The SMILES string of the molecule is O=C(O)c1ccc(Oc2cnc(NC(=O)C(OC3CCNC3)c3ccc(S(=O)(=O)C4CC4)cc3)s2)cc1. The van der Waals surface area contributed by atoms with E-state index in [2.05, 4.69) is 15.6 Å². The van der Waals surface area contributed by atoms with Crippen molar-refractivity contribution in [3.05, 3.63) is 65.9 Å². The number of hydrogen-bond acceptors (Lipinski definition) is 9. The number of carbonyl (C=O) groups excluding carboxylic acids is 1. The van der Waals surface area contributed by atoms with E-state index in [9.17, 15) is 18.0 Å². The molecule has 1 saturated heterocycles. The summed E-state index contributed by atoms with van der Waals surface area (Å²) >= 11 is 1.11. The molecule has 2 aliphatic rings. The van der Waals surface area contributed by atoms with Crippen LogP contribution in [0.25, 0.3) is 0 Å². The van der Waals surface area contributed by atoms with Gasteiger partial charge in [0.2, 0.25) is 5.06 Å². The summed E-state index contributed by atoms with van der Waals surface area (Å²) < 4.78 is 36.9. The molecule has 5 rings (SSSR count). The summed E-state index contributed by atoms with van der Waals surface area (Å²) in [6.07, 6.45) is 2.46. The predicted octanol–water partition coefficient (Wildman–Crippen LogP) is 3.63. The van der Waals surface area contributed by atoms with E-state index in [1.54, 1.807) is 12.1 Å². The number of ether oxygens (including phenoxy) is 2. The highest BCUT2D eigenvalue weighted by atomic mass is 32.2. The Kier molecular flexibility index (Phi) is 7.24. The quantitative estimate of drug-likeness (QED) is 0.349. The third-order valence-electron chi connectivity index (χ3n) is 6.09. The van der Waals surface area contributed by atoms with E-state index in [4.69, 9.17) is 14.6 Å². The van der Waals surface area contributed by atoms with E-state index in [1.165, 1.54) is 42.6 Å². The number of hydrogen-bond donors (Lipinski definition) is 3. The molecule has 10 nitrogen and oxygen atoms in total. The van der Waals surface area contributed by atoms with Gasteiger partial charge in [0.05, 0.1) is 28.0 Å². The fraction of sp³-hybridized carbons (Fsp3) is 0.320. The zero-order valence-corrected chi connectivity index (χ0v) is 21.3. The first-order chi connectivity index (χ1) is 17.8. The van der Waals surface area contributed by atoms with Gasteiger partial charge < -0.3 is 19.9 Å². The van der Waals surface area contributed by atoms with E-state index in [-0.39, 0.29) is 21.8 Å². The first kappa shape index (κ1) is 25.3. The molecule has 2 aromatic carbocycles. The lowest BCUT2D eigenvalue weighted by atomic mass is 10.1. The maximum atomic E-state index is 13.3. The van der Waals surface area contributed by atoms with Crippen LogP contribution < -0.4 is 15.4 Å². The number of aromatic nitrogens is 1. The molecule has 2 unspecified atom stereocenters. The summed E-state index contributed by atoms with van der Waals surface area (Å²) in [5, 5.41) is 15.4. The molecule has 2 atom stereocenters. The van der Waals surface area contributed by atoms with Crippen LogP contribution >= 0.6 is 11.3 Å². The third kappa shape index (κ3) is 5.99. The Balaban J connectivity index is 1.29. The monoisotopic (exact) mass is 543 g/mol.